The van der Waals surface area contributed by atoms with Crippen molar-refractivity contribution >= 4 is 22.0 Å². The third kappa shape index (κ3) is 2.15. The number of halogens is 2. The molecule has 0 amide bonds. The molecule has 0 unspecified atom stereocenters. The Balaban J connectivity index is 2.67. The van der Waals surface area contributed by atoms with Gasteiger partial charge in [-0.15, -0.1) is 0 Å². The molecular formula is C13H13BrFNO3. The van der Waals surface area contributed by atoms with E-state index in [4.69, 9.17) is 9.47 Å². The molecule has 6 heteroatoms. The quantitative estimate of drug-likeness (QED) is 0.628. The second kappa shape index (κ2) is 5.31. The molecular weight excluding hydrogens is 317 g/mol. The summed E-state index contributed by atoms with van der Waals surface area (Å²) in [6.07, 6.45) is 3.68. The number of methoxy groups -OCH3 is 2. The van der Waals surface area contributed by atoms with Crippen molar-refractivity contribution in [1.29, 1.82) is 0 Å². The Labute approximate surface area is 118 Å². The van der Waals surface area contributed by atoms with Crippen molar-refractivity contribution in [3.05, 3.63) is 21.9 Å². The summed E-state index contributed by atoms with van der Waals surface area (Å²) in [5.41, 5.74) is -0.496. The molecule has 0 atom stereocenters. The zero-order chi connectivity index (χ0) is 14.0. The fourth-order valence-electron chi connectivity index (χ4n) is 2.36. The summed E-state index contributed by atoms with van der Waals surface area (Å²) in [5.74, 6) is 0.217. The highest BCUT2D eigenvalue weighted by Gasteiger charge is 2.43. The Morgan fingerprint density at radius 3 is 2.53 bits per heavy atom. The van der Waals surface area contributed by atoms with Crippen LogP contribution in [0.1, 0.15) is 24.8 Å². The first-order valence-corrected chi connectivity index (χ1v) is 6.58. The topological polar surface area (TPSA) is 47.9 Å². The lowest BCUT2D eigenvalue weighted by molar-refractivity contribution is 0.243. The Bertz CT molecular complexity index is 551. The minimum absolute atomic E-state index is 0.292. The van der Waals surface area contributed by atoms with Crippen LogP contribution in [0, 0.1) is 5.82 Å². The van der Waals surface area contributed by atoms with Crippen LogP contribution in [0.5, 0.6) is 11.5 Å². The number of nitrogens with zero attached hydrogens (tertiary/aromatic N) is 1. The van der Waals surface area contributed by atoms with Crippen LogP contribution in [0.25, 0.3) is 0 Å². The highest BCUT2D eigenvalue weighted by Crippen LogP contribution is 2.52. The number of ether oxygens (including phenoxy) is 2. The van der Waals surface area contributed by atoms with Gasteiger partial charge in [-0.2, -0.15) is 4.99 Å². The van der Waals surface area contributed by atoms with Gasteiger partial charge in [0.2, 0.25) is 6.08 Å². The summed E-state index contributed by atoms with van der Waals surface area (Å²) >= 11 is 3.33. The van der Waals surface area contributed by atoms with E-state index in [2.05, 4.69) is 20.9 Å². The highest BCUT2D eigenvalue weighted by molar-refractivity contribution is 9.10. The smallest absolute Gasteiger partial charge is 0.235 e. The van der Waals surface area contributed by atoms with Gasteiger partial charge in [0.1, 0.15) is 11.4 Å². The van der Waals surface area contributed by atoms with E-state index in [0.29, 0.717) is 34.4 Å². The third-order valence-corrected chi connectivity index (χ3v) is 4.23. The number of hydrogen-bond acceptors (Lipinski definition) is 4. The zero-order valence-electron chi connectivity index (χ0n) is 10.6. The Morgan fingerprint density at radius 2 is 2.11 bits per heavy atom. The maximum atomic E-state index is 14.3. The molecule has 102 valence electrons. The lowest BCUT2D eigenvalue weighted by Crippen LogP contribution is -2.33. The molecule has 2 rings (SSSR count). The number of carbonyl (C=O) groups excluding carboxylic acids is 1. The van der Waals surface area contributed by atoms with Crippen LogP contribution in [-0.4, -0.2) is 20.3 Å². The van der Waals surface area contributed by atoms with Gasteiger partial charge in [-0.3, -0.25) is 0 Å². The van der Waals surface area contributed by atoms with Crippen LogP contribution >= 0.6 is 15.9 Å². The SMILES string of the molecule is COc1cc(F)c(C2(N=C=O)CCC2)c(Br)c1OC. The summed E-state index contributed by atoms with van der Waals surface area (Å²) in [6, 6.07) is 1.25. The largest absolute Gasteiger partial charge is 0.493 e. The van der Waals surface area contributed by atoms with Crippen molar-refractivity contribution in [1.82, 2.24) is 0 Å². The summed E-state index contributed by atoms with van der Waals surface area (Å²) < 4.78 is 25.0. The number of benzene rings is 1. The van der Waals surface area contributed by atoms with E-state index in [9.17, 15) is 9.18 Å². The van der Waals surface area contributed by atoms with Gasteiger partial charge in [0.15, 0.2) is 11.5 Å². The first-order chi connectivity index (χ1) is 9.09. The van der Waals surface area contributed by atoms with Crippen molar-refractivity contribution in [3.8, 4) is 11.5 Å². The summed E-state index contributed by atoms with van der Waals surface area (Å²) in [4.78, 5) is 14.4. The number of rotatable bonds is 4. The predicted molar refractivity (Wildman–Crippen MR) is 70.9 cm³/mol. The maximum absolute atomic E-state index is 14.3. The van der Waals surface area contributed by atoms with E-state index in [-0.39, 0.29) is 0 Å². The molecule has 1 aliphatic carbocycles. The molecule has 0 saturated heterocycles. The number of hydrogen-bond donors (Lipinski definition) is 0. The molecule has 4 nitrogen and oxygen atoms in total. The second-order valence-electron chi connectivity index (χ2n) is 4.37. The predicted octanol–water partition coefficient (Wildman–Crippen LogP) is 3.32. The molecule has 1 saturated carbocycles. The lowest BCUT2D eigenvalue weighted by atomic mass is 9.72. The highest BCUT2D eigenvalue weighted by atomic mass is 79.9. The van der Waals surface area contributed by atoms with Crippen LogP contribution in [0.2, 0.25) is 0 Å². The first kappa shape index (κ1) is 14.0. The van der Waals surface area contributed by atoms with Gasteiger partial charge in [0, 0.05) is 11.6 Å². The molecule has 0 spiro atoms. The van der Waals surface area contributed by atoms with E-state index in [1.54, 1.807) is 6.08 Å². The van der Waals surface area contributed by atoms with Crippen LogP contribution in [0.4, 0.5) is 4.39 Å². The van der Waals surface area contributed by atoms with Crippen molar-refractivity contribution in [2.75, 3.05) is 14.2 Å². The third-order valence-electron chi connectivity index (χ3n) is 3.47. The van der Waals surface area contributed by atoms with Crippen LogP contribution in [0.15, 0.2) is 15.5 Å². The Morgan fingerprint density at radius 1 is 1.42 bits per heavy atom. The molecule has 1 aromatic rings. The molecule has 1 fully saturated rings. The van der Waals surface area contributed by atoms with Crippen LogP contribution < -0.4 is 9.47 Å². The van der Waals surface area contributed by atoms with Crippen molar-refractivity contribution in [2.45, 2.75) is 24.8 Å². The van der Waals surface area contributed by atoms with Crippen molar-refractivity contribution < 1.29 is 18.7 Å². The molecule has 0 bridgehead atoms. The number of isocyanates is 1. The average molecular weight is 330 g/mol. The Kier molecular flexibility index (Phi) is 3.92. The summed E-state index contributed by atoms with van der Waals surface area (Å²) in [5, 5.41) is 0. The van der Waals surface area contributed by atoms with Gasteiger partial charge >= 0.3 is 0 Å². The van der Waals surface area contributed by atoms with Gasteiger partial charge in [-0.25, -0.2) is 9.18 Å². The minimum Gasteiger partial charge on any atom is -0.493 e. The summed E-state index contributed by atoms with van der Waals surface area (Å²) in [7, 11) is 2.91. The van der Waals surface area contributed by atoms with Gasteiger partial charge in [0.25, 0.3) is 0 Å². The summed E-state index contributed by atoms with van der Waals surface area (Å²) in [6.45, 7) is 0. The van der Waals surface area contributed by atoms with Crippen LogP contribution in [-0.2, 0) is 10.3 Å². The minimum atomic E-state index is -0.829. The Hall–Kier alpha value is -1.39. The zero-order valence-corrected chi connectivity index (χ0v) is 12.2. The lowest BCUT2D eigenvalue weighted by Gasteiger charge is -2.38. The van der Waals surface area contributed by atoms with Gasteiger partial charge in [-0.1, -0.05) is 0 Å². The van der Waals surface area contributed by atoms with E-state index >= 15 is 0 Å². The van der Waals surface area contributed by atoms with Gasteiger partial charge in [0.05, 0.1) is 18.7 Å². The van der Waals surface area contributed by atoms with Crippen LogP contribution in [0.3, 0.4) is 0 Å². The molecule has 0 radical (unpaired) electrons. The van der Waals surface area contributed by atoms with E-state index in [0.717, 1.165) is 6.42 Å². The standard InChI is InChI=1S/C13H13BrFNO3/c1-18-9-6-8(15)10(11(14)12(9)19-2)13(16-7-17)4-3-5-13/h6H,3-5H2,1-2H3. The van der Waals surface area contributed by atoms with Crippen molar-refractivity contribution in [2.24, 2.45) is 4.99 Å². The number of aliphatic imine (C=N–C) groups is 1. The average Bonchev–Trinajstić information content (AvgIpc) is 2.34. The molecule has 0 aromatic heterocycles. The fraction of sp³-hybridized carbons (Fsp3) is 0.462. The van der Waals surface area contributed by atoms with E-state index < -0.39 is 11.4 Å². The monoisotopic (exact) mass is 329 g/mol. The molecule has 0 heterocycles. The normalized spacial score (nSPS) is 16.2. The molecule has 0 N–H and O–H groups in total. The molecule has 1 aliphatic rings. The first-order valence-electron chi connectivity index (χ1n) is 5.79. The fourth-order valence-corrected chi connectivity index (χ4v) is 3.28. The van der Waals surface area contributed by atoms with E-state index in [1.165, 1.54) is 20.3 Å². The molecule has 1 aromatic carbocycles. The van der Waals surface area contributed by atoms with Crippen molar-refractivity contribution in [3.63, 3.8) is 0 Å². The van der Waals surface area contributed by atoms with Gasteiger partial charge < -0.3 is 9.47 Å². The van der Waals surface area contributed by atoms with E-state index in [1.807, 2.05) is 0 Å². The maximum Gasteiger partial charge on any atom is 0.235 e. The molecule has 19 heavy (non-hydrogen) atoms. The molecule has 0 aliphatic heterocycles. The van der Waals surface area contributed by atoms with Gasteiger partial charge in [-0.05, 0) is 35.2 Å². The second-order valence-corrected chi connectivity index (χ2v) is 5.16.